The molecule has 24 heavy (non-hydrogen) atoms. The van der Waals surface area contributed by atoms with Gasteiger partial charge in [0.15, 0.2) is 5.60 Å². The molecule has 0 aliphatic carbocycles. The molecule has 6 heteroatoms. The van der Waals surface area contributed by atoms with Gasteiger partial charge >= 0.3 is 12.0 Å². The van der Waals surface area contributed by atoms with Gasteiger partial charge in [0.1, 0.15) is 5.75 Å². The van der Waals surface area contributed by atoms with Crippen LogP contribution in [0.25, 0.3) is 0 Å². The molecule has 0 unspecified atom stereocenters. The quantitative estimate of drug-likeness (QED) is 0.777. The number of rotatable bonds is 5. The third-order valence-corrected chi connectivity index (χ3v) is 3.31. The maximum atomic E-state index is 11.9. The number of carbonyl (C=O) groups excluding carboxylic acids is 1. The fraction of sp³-hybridized carbons (Fsp3) is 0.222. The Balaban J connectivity index is 1.94. The monoisotopic (exact) mass is 328 g/mol. The predicted molar refractivity (Wildman–Crippen MR) is 92.6 cm³/mol. The first-order valence-corrected chi connectivity index (χ1v) is 7.43. The highest BCUT2D eigenvalue weighted by Crippen LogP contribution is 2.21. The van der Waals surface area contributed by atoms with Crippen LogP contribution in [0.4, 0.5) is 16.2 Å². The number of nitrogens with one attached hydrogen (secondary N) is 2. The summed E-state index contributed by atoms with van der Waals surface area (Å²) < 4.78 is 5.40. The van der Waals surface area contributed by atoms with Crippen LogP contribution in [0, 0.1) is 6.92 Å². The minimum atomic E-state index is -1.32. The van der Waals surface area contributed by atoms with Gasteiger partial charge in [0.05, 0.1) is 0 Å². The normalized spacial score (nSPS) is 10.8. The van der Waals surface area contributed by atoms with Gasteiger partial charge in [-0.2, -0.15) is 0 Å². The Morgan fingerprint density at radius 2 is 1.38 bits per heavy atom. The molecule has 0 saturated heterocycles. The average Bonchev–Trinajstić information content (AvgIpc) is 2.51. The van der Waals surface area contributed by atoms with E-state index in [2.05, 4.69) is 10.6 Å². The van der Waals surface area contributed by atoms with Crippen molar-refractivity contribution in [1.82, 2.24) is 0 Å². The second-order valence-electron chi connectivity index (χ2n) is 5.89. The number of benzene rings is 2. The number of urea groups is 1. The molecule has 2 rings (SSSR count). The van der Waals surface area contributed by atoms with Crippen molar-refractivity contribution in [2.24, 2.45) is 0 Å². The number of ether oxygens (including phenoxy) is 1. The third-order valence-electron chi connectivity index (χ3n) is 3.31. The van der Waals surface area contributed by atoms with Crippen molar-refractivity contribution in [3.05, 3.63) is 54.1 Å². The van der Waals surface area contributed by atoms with Crippen LogP contribution in [0.1, 0.15) is 19.4 Å². The Morgan fingerprint density at radius 1 is 0.917 bits per heavy atom. The van der Waals surface area contributed by atoms with E-state index in [1.54, 1.807) is 24.3 Å². The minimum Gasteiger partial charge on any atom is -0.478 e. The van der Waals surface area contributed by atoms with E-state index in [1.807, 2.05) is 31.2 Å². The fourth-order valence-electron chi connectivity index (χ4n) is 1.87. The number of carboxylic acid groups (broad SMARTS) is 1. The maximum absolute atomic E-state index is 11.9. The second-order valence-corrected chi connectivity index (χ2v) is 5.89. The molecule has 0 bridgehead atoms. The molecule has 0 aliphatic heterocycles. The molecule has 126 valence electrons. The van der Waals surface area contributed by atoms with Gasteiger partial charge in [-0.15, -0.1) is 0 Å². The van der Waals surface area contributed by atoms with Crippen molar-refractivity contribution >= 4 is 23.4 Å². The van der Waals surface area contributed by atoms with E-state index < -0.39 is 11.6 Å². The number of carbonyl (C=O) groups is 2. The standard InChI is InChI=1S/C18H20N2O4/c1-12-4-6-13(7-5-12)19-17(23)20-14-8-10-15(11-9-14)24-18(2,3)16(21)22/h4-11H,1-3H3,(H,21,22)(H2,19,20,23). The summed E-state index contributed by atoms with van der Waals surface area (Å²) in [5.41, 5.74) is 1.06. The lowest BCUT2D eigenvalue weighted by atomic mass is 10.1. The number of amides is 2. The SMILES string of the molecule is Cc1ccc(NC(=O)Nc2ccc(OC(C)(C)C(=O)O)cc2)cc1. The van der Waals surface area contributed by atoms with Crippen LogP contribution >= 0.6 is 0 Å². The van der Waals surface area contributed by atoms with Gasteiger partial charge in [-0.3, -0.25) is 0 Å². The lowest BCUT2D eigenvalue weighted by molar-refractivity contribution is -0.152. The highest BCUT2D eigenvalue weighted by atomic mass is 16.5. The van der Waals surface area contributed by atoms with Gasteiger partial charge in [0.2, 0.25) is 0 Å². The Hall–Kier alpha value is -3.02. The summed E-state index contributed by atoms with van der Waals surface area (Å²) >= 11 is 0. The van der Waals surface area contributed by atoms with Gasteiger partial charge in [-0.05, 0) is 57.2 Å². The van der Waals surface area contributed by atoms with Crippen LogP contribution in [0.2, 0.25) is 0 Å². The van der Waals surface area contributed by atoms with Crippen LogP contribution in [0.5, 0.6) is 5.75 Å². The molecule has 0 aliphatic rings. The third kappa shape index (κ3) is 4.74. The molecule has 2 amide bonds. The Kier molecular flexibility index (Phi) is 5.08. The Labute approximate surface area is 140 Å². The van der Waals surface area contributed by atoms with Gasteiger partial charge in [-0.1, -0.05) is 17.7 Å². The van der Waals surface area contributed by atoms with Crippen LogP contribution < -0.4 is 15.4 Å². The van der Waals surface area contributed by atoms with E-state index in [4.69, 9.17) is 9.84 Å². The minimum absolute atomic E-state index is 0.363. The molecule has 0 heterocycles. The molecule has 6 nitrogen and oxygen atoms in total. The zero-order valence-electron chi connectivity index (χ0n) is 13.8. The molecule has 0 spiro atoms. The van der Waals surface area contributed by atoms with Crippen molar-refractivity contribution in [2.45, 2.75) is 26.4 Å². The zero-order valence-corrected chi connectivity index (χ0v) is 13.8. The fourth-order valence-corrected chi connectivity index (χ4v) is 1.87. The molecule has 0 aromatic heterocycles. The molecular formula is C18H20N2O4. The first-order valence-electron chi connectivity index (χ1n) is 7.43. The van der Waals surface area contributed by atoms with E-state index in [0.717, 1.165) is 5.56 Å². The highest BCUT2D eigenvalue weighted by molar-refractivity contribution is 5.99. The number of hydrogen-bond donors (Lipinski definition) is 3. The van der Waals surface area contributed by atoms with Gasteiger partial charge in [0, 0.05) is 11.4 Å². The summed E-state index contributed by atoms with van der Waals surface area (Å²) in [4.78, 5) is 23.0. The van der Waals surface area contributed by atoms with E-state index >= 15 is 0 Å². The van der Waals surface area contributed by atoms with Crippen molar-refractivity contribution < 1.29 is 19.4 Å². The van der Waals surface area contributed by atoms with Crippen LogP contribution in [-0.2, 0) is 4.79 Å². The van der Waals surface area contributed by atoms with Crippen molar-refractivity contribution in [3.8, 4) is 5.75 Å². The summed E-state index contributed by atoms with van der Waals surface area (Å²) in [5, 5.41) is 14.5. The predicted octanol–water partition coefficient (Wildman–Crippen LogP) is 3.88. The molecule has 0 radical (unpaired) electrons. The molecule has 2 aromatic rings. The topological polar surface area (TPSA) is 87.7 Å². The number of aryl methyl sites for hydroxylation is 1. The van der Waals surface area contributed by atoms with Gasteiger partial charge in [0.25, 0.3) is 0 Å². The Bertz CT molecular complexity index is 722. The summed E-state index contributed by atoms with van der Waals surface area (Å²) in [6, 6.07) is 13.6. The van der Waals surface area contributed by atoms with Crippen molar-refractivity contribution in [1.29, 1.82) is 0 Å². The summed E-state index contributed by atoms with van der Waals surface area (Å²) in [6.45, 7) is 4.91. The lowest BCUT2D eigenvalue weighted by Crippen LogP contribution is -2.37. The largest absolute Gasteiger partial charge is 0.478 e. The van der Waals surface area contributed by atoms with Crippen LogP contribution in [0.3, 0.4) is 0 Å². The number of anilines is 2. The van der Waals surface area contributed by atoms with Crippen LogP contribution in [0.15, 0.2) is 48.5 Å². The molecule has 0 fully saturated rings. The molecular weight excluding hydrogens is 308 g/mol. The first kappa shape index (κ1) is 17.3. The molecule has 0 atom stereocenters. The summed E-state index contributed by atoms with van der Waals surface area (Å²) in [5.74, 6) is -0.644. The average molecular weight is 328 g/mol. The lowest BCUT2D eigenvalue weighted by Gasteiger charge is -2.21. The Morgan fingerprint density at radius 3 is 1.83 bits per heavy atom. The zero-order chi connectivity index (χ0) is 17.7. The number of hydrogen-bond acceptors (Lipinski definition) is 3. The highest BCUT2D eigenvalue weighted by Gasteiger charge is 2.29. The number of aliphatic carboxylic acids is 1. The molecule has 0 saturated carbocycles. The van der Waals surface area contributed by atoms with Crippen molar-refractivity contribution in [2.75, 3.05) is 10.6 Å². The van der Waals surface area contributed by atoms with Crippen LogP contribution in [-0.4, -0.2) is 22.7 Å². The summed E-state index contributed by atoms with van der Waals surface area (Å²) in [7, 11) is 0. The first-order chi connectivity index (χ1) is 11.3. The smallest absolute Gasteiger partial charge is 0.347 e. The van der Waals surface area contributed by atoms with E-state index in [0.29, 0.717) is 17.1 Å². The molecule has 2 aromatic carbocycles. The van der Waals surface area contributed by atoms with E-state index in [9.17, 15) is 9.59 Å². The molecule has 3 N–H and O–H groups in total. The van der Waals surface area contributed by atoms with Gasteiger partial charge < -0.3 is 20.5 Å². The van der Waals surface area contributed by atoms with Crippen molar-refractivity contribution in [3.63, 3.8) is 0 Å². The second kappa shape index (κ2) is 7.04. The van der Waals surface area contributed by atoms with Gasteiger partial charge in [-0.25, -0.2) is 9.59 Å². The summed E-state index contributed by atoms with van der Waals surface area (Å²) in [6.07, 6.45) is 0. The number of carboxylic acids is 1. The maximum Gasteiger partial charge on any atom is 0.347 e. The van der Waals surface area contributed by atoms with E-state index in [1.165, 1.54) is 13.8 Å². The van der Waals surface area contributed by atoms with E-state index in [-0.39, 0.29) is 6.03 Å².